The van der Waals surface area contributed by atoms with Gasteiger partial charge in [-0.15, -0.1) is 12.3 Å². The van der Waals surface area contributed by atoms with Gasteiger partial charge in [0.15, 0.2) is 0 Å². The van der Waals surface area contributed by atoms with Crippen LogP contribution in [-0.4, -0.2) is 12.6 Å². The van der Waals surface area contributed by atoms with E-state index in [0.717, 1.165) is 25.8 Å². The lowest BCUT2D eigenvalue weighted by Gasteiger charge is -2.17. The van der Waals surface area contributed by atoms with Crippen molar-refractivity contribution in [3.63, 3.8) is 0 Å². The molecule has 0 spiro atoms. The quantitative estimate of drug-likeness (QED) is 0.689. The second kappa shape index (κ2) is 7.96. The molecule has 0 aliphatic rings. The molecule has 0 fully saturated rings. The minimum absolute atomic E-state index is 0.512. The molecule has 0 aliphatic heterocycles. The largest absolute Gasteiger partial charge is 0.314 e. The van der Waals surface area contributed by atoms with E-state index in [9.17, 15) is 0 Å². The molecule has 1 atom stereocenters. The number of rotatable bonds is 7. The zero-order valence-corrected chi connectivity index (χ0v) is 10.1. The number of terminal acetylenes is 1. The fourth-order valence-corrected chi connectivity index (χ4v) is 1.78. The van der Waals surface area contributed by atoms with E-state index < -0.39 is 0 Å². The van der Waals surface area contributed by atoms with Gasteiger partial charge in [0.05, 0.1) is 0 Å². The predicted octanol–water partition coefficient (Wildman–Crippen LogP) is 3.01. The summed E-state index contributed by atoms with van der Waals surface area (Å²) in [6.45, 7) is 3.26. The highest BCUT2D eigenvalue weighted by molar-refractivity contribution is 5.16. The molecule has 1 aromatic carbocycles. The molecule has 1 aromatic rings. The van der Waals surface area contributed by atoms with Crippen LogP contribution in [0.1, 0.15) is 31.7 Å². The maximum Gasteiger partial charge on any atom is 0.0116 e. The molecule has 0 amide bonds. The third kappa shape index (κ3) is 5.00. The average Bonchev–Trinajstić information content (AvgIpc) is 2.34. The first-order chi connectivity index (χ1) is 7.86. The van der Waals surface area contributed by atoms with E-state index in [4.69, 9.17) is 6.42 Å². The maximum atomic E-state index is 5.32. The van der Waals surface area contributed by atoms with Crippen molar-refractivity contribution in [2.45, 2.75) is 38.6 Å². The van der Waals surface area contributed by atoms with E-state index in [0.29, 0.717) is 6.04 Å². The Balaban J connectivity index is 2.46. The molecule has 16 heavy (non-hydrogen) atoms. The Morgan fingerprint density at radius 3 is 2.69 bits per heavy atom. The van der Waals surface area contributed by atoms with Gasteiger partial charge in [0.1, 0.15) is 0 Å². The zero-order valence-electron chi connectivity index (χ0n) is 10.1. The van der Waals surface area contributed by atoms with Gasteiger partial charge in [0, 0.05) is 12.5 Å². The van der Waals surface area contributed by atoms with Gasteiger partial charge >= 0.3 is 0 Å². The Labute approximate surface area is 99.3 Å². The van der Waals surface area contributed by atoms with Gasteiger partial charge < -0.3 is 5.32 Å². The van der Waals surface area contributed by atoms with E-state index in [2.05, 4.69) is 48.5 Å². The molecular weight excluding hydrogens is 194 g/mol. The molecular formula is C15H21N. The monoisotopic (exact) mass is 215 g/mol. The summed E-state index contributed by atoms with van der Waals surface area (Å²) in [7, 11) is 0. The van der Waals surface area contributed by atoms with E-state index in [1.54, 1.807) is 0 Å². The van der Waals surface area contributed by atoms with Crippen LogP contribution in [0.4, 0.5) is 0 Å². The standard InChI is InChI=1S/C15H21N/c1-3-5-11-15(16-12-4-2)13-14-9-7-6-8-10-14/h1,6-10,15-16H,4-5,11-13H2,2H3. The molecule has 0 saturated carbocycles. The smallest absolute Gasteiger partial charge is 0.0116 e. The van der Waals surface area contributed by atoms with Crippen molar-refractivity contribution >= 4 is 0 Å². The first kappa shape index (κ1) is 12.8. The summed E-state index contributed by atoms with van der Waals surface area (Å²) in [6, 6.07) is 11.1. The third-order valence-corrected chi connectivity index (χ3v) is 2.65. The van der Waals surface area contributed by atoms with E-state index in [1.165, 1.54) is 12.0 Å². The van der Waals surface area contributed by atoms with Crippen molar-refractivity contribution in [1.29, 1.82) is 0 Å². The third-order valence-electron chi connectivity index (χ3n) is 2.65. The fourth-order valence-electron chi connectivity index (χ4n) is 1.78. The fraction of sp³-hybridized carbons (Fsp3) is 0.467. The SMILES string of the molecule is C#CCCC(Cc1ccccc1)NCCC. The summed E-state index contributed by atoms with van der Waals surface area (Å²) in [4.78, 5) is 0. The lowest BCUT2D eigenvalue weighted by molar-refractivity contribution is 0.483. The number of benzene rings is 1. The summed E-state index contributed by atoms with van der Waals surface area (Å²) in [5.41, 5.74) is 1.38. The van der Waals surface area contributed by atoms with Gasteiger partial charge in [-0.3, -0.25) is 0 Å². The lowest BCUT2D eigenvalue weighted by Crippen LogP contribution is -2.31. The summed E-state index contributed by atoms with van der Waals surface area (Å²) in [5.74, 6) is 2.72. The molecule has 0 saturated heterocycles. The molecule has 86 valence electrons. The van der Waals surface area contributed by atoms with Crippen molar-refractivity contribution in [3.05, 3.63) is 35.9 Å². The van der Waals surface area contributed by atoms with Crippen LogP contribution < -0.4 is 5.32 Å². The van der Waals surface area contributed by atoms with Gasteiger partial charge in [-0.25, -0.2) is 0 Å². The van der Waals surface area contributed by atoms with Gasteiger partial charge in [0.2, 0.25) is 0 Å². The first-order valence-electron chi connectivity index (χ1n) is 6.07. The van der Waals surface area contributed by atoms with Gasteiger partial charge in [-0.1, -0.05) is 37.3 Å². The van der Waals surface area contributed by atoms with Crippen LogP contribution in [0.5, 0.6) is 0 Å². The maximum absolute atomic E-state index is 5.32. The molecule has 0 aliphatic carbocycles. The number of hydrogen-bond acceptors (Lipinski definition) is 1. The van der Waals surface area contributed by atoms with Crippen LogP contribution in [0.25, 0.3) is 0 Å². The molecule has 1 N–H and O–H groups in total. The van der Waals surface area contributed by atoms with Crippen molar-refractivity contribution in [2.75, 3.05) is 6.54 Å². The minimum atomic E-state index is 0.512. The van der Waals surface area contributed by atoms with Crippen molar-refractivity contribution < 1.29 is 0 Å². The topological polar surface area (TPSA) is 12.0 Å². The molecule has 1 rings (SSSR count). The molecule has 0 aromatic heterocycles. The molecule has 0 radical (unpaired) electrons. The van der Waals surface area contributed by atoms with Crippen LogP contribution in [0.2, 0.25) is 0 Å². The van der Waals surface area contributed by atoms with Gasteiger partial charge in [0.25, 0.3) is 0 Å². The highest BCUT2D eigenvalue weighted by Gasteiger charge is 2.07. The molecule has 1 heteroatoms. The van der Waals surface area contributed by atoms with Crippen LogP contribution in [0.15, 0.2) is 30.3 Å². The minimum Gasteiger partial charge on any atom is -0.314 e. The average molecular weight is 215 g/mol. The molecule has 1 unspecified atom stereocenters. The lowest BCUT2D eigenvalue weighted by atomic mass is 10.0. The predicted molar refractivity (Wildman–Crippen MR) is 70.3 cm³/mol. The Morgan fingerprint density at radius 1 is 1.31 bits per heavy atom. The second-order valence-corrected chi connectivity index (χ2v) is 4.08. The molecule has 0 bridgehead atoms. The van der Waals surface area contributed by atoms with Crippen molar-refractivity contribution in [2.24, 2.45) is 0 Å². The van der Waals surface area contributed by atoms with Crippen LogP contribution in [-0.2, 0) is 6.42 Å². The Morgan fingerprint density at radius 2 is 2.06 bits per heavy atom. The molecule has 1 nitrogen and oxygen atoms in total. The molecule has 0 heterocycles. The highest BCUT2D eigenvalue weighted by atomic mass is 14.9. The number of nitrogens with one attached hydrogen (secondary N) is 1. The van der Waals surface area contributed by atoms with Crippen LogP contribution >= 0.6 is 0 Å². The number of hydrogen-bond donors (Lipinski definition) is 1. The van der Waals surface area contributed by atoms with Gasteiger partial charge in [-0.2, -0.15) is 0 Å². The summed E-state index contributed by atoms with van der Waals surface area (Å²) >= 11 is 0. The van der Waals surface area contributed by atoms with Crippen LogP contribution in [0.3, 0.4) is 0 Å². The summed E-state index contributed by atoms with van der Waals surface area (Å²) in [5, 5.41) is 3.56. The van der Waals surface area contributed by atoms with Crippen molar-refractivity contribution in [1.82, 2.24) is 5.32 Å². The summed E-state index contributed by atoms with van der Waals surface area (Å²) < 4.78 is 0. The van der Waals surface area contributed by atoms with E-state index >= 15 is 0 Å². The van der Waals surface area contributed by atoms with Crippen molar-refractivity contribution in [3.8, 4) is 12.3 Å². The second-order valence-electron chi connectivity index (χ2n) is 4.08. The normalized spacial score (nSPS) is 12.0. The van der Waals surface area contributed by atoms with E-state index in [-0.39, 0.29) is 0 Å². The first-order valence-corrected chi connectivity index (χ1v) is 6.07. The Bertz CT molecular complexity index is 310. The Hall–Kier alpha value is -1.26. The van der Waals surface area contributed by atoms with Crippen LogP contribution in [0, 0.1) is 12.3 Å². The van der Waals surface area contributed by atoms with E-state index in [1.807, 2.05) is 0 Å². The highest BCUT2D eigenvalue weighted by Crippen LogP contribution is 2.07. The van der Waals surface area contributed by atoms with Gasteiger partial charge in [-0.05, 0) is 31.4 Å². The zero-order chi connectivity index (χ0) is 11.6. The Kier molecular flexibility index (Phi) is 6.37. The summed E-state index contributed by atoms with van der Waals surface area (Å²) in [6.07, 6.45) is 9.48.